The molecule has 0 saturated carbocycles. The zero-order valence-corrected chi connectivity index (χ0v) is 19.6. The van der Waals surface area contributed by atoms with Crippen LogP contribution in [0.2, 0.25) is 5.02 Å². The number of carbonyl (C=O) groups excluding carboxylic acids is 2. The van der Waals surface area contributed by atoms with Crippen molar-refractivity contribution in [3.63, 3.8) is 0 Å². The summed E-state index contributed by atoms with van der Waals surface area (Å²) in [6.07, 6.45) is 8.99. The molecule has 10 heteroatoms. The number of benzene rings is 1. The molecule has 1 aromatic heterocycles. The summed E-state index contributed by atoms with van der Waals surface area (Å²) in [5, 5.41) is 0.531. The molecule has 0 radical (unpaired) electrons. The number of aromatic nitrogens is 1. The van der Waals surface area contributed by atoms with E-state index < -0.39 is 33.2 Å². The van der Waals surface area contributed by atoms with Crippen LogP contribution in [0.15, 0.2) is 23.2 Å². The molecule has 1 aliphatic rings. The maximum absolute atomic E-state index is 12.6. The van der Waals surface area contributed by atoms with Gasteiger partial charge in [0.1, 0.15) is 11.5 Å². The second-order valence-electron chi connectivity index (χ2n) is 7.47. The van der Waals surface area contributed by atoms with Gasteiger partial charge in [0.25, 0.3) is 5.91 Å². The molecule has 1 fully saturated rings. The van der Waals surface area contributed by atoms with Gasteiger partial charge in [0.05, 0.1) is 16.8 Å². The van der Waals surface area contributed by atoms with Gasteiger partial charge >= 0.3 is 0 Å². The summed E-state index contributed by atoms with van der Waals surface area (Å²) >= 11 is 7.23. The lowest BCUT2D eigenvalue weighted by Crippen LogP contribution is -2.46. The van der Waals surface area contributed by atoms with Crippen molar-refractivity contribution in [1.82, 2.24) is 9.47 Å². The lowest BCUT2D eigenvalue weighted by Gasteiger charge is -2.35. The van der Waals surface area contributed by atoms with Gasteiger partial charge < -0.3 is 9.47 Å². The molecule has 3 rings (SSSR count). The first kappa shape index (κ1) is 23.5. The van der Waals surface area contributed by atoms with Crippen molar-refractivity contribution in [2.24, 2.45) is 4.99 Å². The van der Waals surface area contributed by atoms with Crippen molar-refractivity contribution < 1.29 is 18.0 Å². The highest BCUT2D eigenvalue weighted by molar-refractivity contribution is 7.92. The summed E-state index contributed by atoms with van der Waals surface area (Å²) in [5.41, 5.74) is 0.757. The number of fused-ring (bicyclic) bond motifs is 1. The van der Waals surface area contributed by atoms with Gasteiger partial charge in [0.2, 0.25) is 5.91 Å². The first-order valence-electron chi connectivity index (χ1n) is 10.0. The van der Waals surface area contributed by atoms with E-state index in [1.165, 1.54) is 11.3 Å². The van der Waals surface area contributed by atoms with E-state index in [1.54, 1.807) is 27.7 Å². The molecule has 2 heterocycles. The number of thiazole rings is 1. The fourth-order valence-electron chi connectivity index (χ4n) is 3.78. The van der Waals surface area contributed by atoms with Crippen LogP contribution in [0.4, 0.5) is 0 Å². The molecular formula is C21H24ClN3O4S2. The van der Waals surface area contributed by atoms with E-state index in [4.69, 9.17) is 18.0 Å². The van der Waals surface area contributed by atoms with Crippen molar-refractivity contribution >= 4 is 54.8 Å². The highest BCUT2D eigenvalue weighted by Crippen LogP contribution is 2.22. The first-order valence-corrected chi connectivity index (χ1v) is 13.1. The average Bonchev–Trinajstić information content (AvgIpc) is 3.03. The van der Waals surface area contributed by atoms with Gasteiger partial charge in [-0.05, 0) is 43.9 Å². The second-order valence-corrected chi connectivity index (χ2v) is 11.0. The minimum Gasteiger partial charge on any atom is -0.339 e. The molecule has 1 atom stereocenters. The molecular weight excluding hydrogens is 458 g/mol. The summed E-state index contributed by atoms with van der Waals surface area (Å²) in [5.74, 6) is -0.278. The minimum absolute atomic E-state index is 0.0601. The molecule has 1 aliphatic heterocycles. The van der Waals surface area contributed by atoms with Crippen LogP contribution in [0.25, 0.3) is 10.2 Å². The third kappa shape index (κ3) is 5.76. The molecule has 2 aromatic rings. The number of carbonyl (C=O) groups is 2. The highest BCUT2D eigenvalue weighted by Gasteiger charge is 2.29. The highest BCUT2D eigenvalue weighted by atomic mass is 35.5. The Kier molecular flexibility index (Phi) is 7.57. The number of nitrogens with zero attached hydrogens (tertiary/aromatic N) is 3. The second kappa shape index (κ2) is 9.98. The van der Waals surface area contributed by atoms with E-state index in [1.807, 2.05) is 6.92 Å². The monoisotopic (exact) mass is 481 g/mol. The molecule has 0 bridgehead atoms. The van der Waals surface area contributed by atoms with Crippen molar-refractivity contribution in [2.45, 2.75) is 45.2 Å². The first-order chi connectivity index (χ1) is 14.7. The lowest BCUT2D eigenvalue weighted by atomic mass is 10.0. The minimum atomic E-state index is -3.94. The number of hydrogen-bond acceptors (Lipinski definition) is 5. The Morgan fingerprint density at radius 3 is 2.81 bits per heavy atom. The maximum atomic E-state index is 12.6. The number of halogens is 1. The van der Waals surface area contributed by atoms with Gasteiger partial charge in [-0.3, -0.25) is 9.59 Å². The number of hydrogen-bond donors (Lipinski definition) is 0. The van der Waals surface area contributed by atoms with Crippen LogP contribution in [0.3, 0.4) is 0 Å². The Balaban J connectivity index is 1.79. The van der Waals surface area contributed by atoms with Crippen LogP contribution in [0.1, 0.15) is 32.6 Å². The number of terminal acetylenes is 1. The molecule has 7 nitrogen and oxygen atoms in total. The molecule has 0 aliphatic carbocycles. The topological polar surface area (TPSA) is 88.8 Å². The smallest absolute Gasteiger partial charge is 0.263 e. The number of rotatable bonds is 6. The van der Waals surface area contributed by atoms with E-state index in [0.717, 1.165) is 35.9 Å². The van der Waals surface area contributed by atoms with E-state index >= 15 is 0 Å². The van der Waals surface area contributed by atoms with Gasteiger partial charge in [-0.15, -0.1) is 6.42 Å². The third-order valence-corrected chi connectivity index (χ3v) is 7.87. The molecule has 1 saturated heterocycles. The van der Waals surface area contributed by atoms with Crippen LogP contribution in [0.5, 0.6) is 0 Å². The maximum Gasteiger partial charge on any atom is 0.263 e. The Bertz CT molecular complexity index is 1210. The Hall–Kier alpha value is -2.15. The van der Waals surface area contributed by atoms with Gasteiger partial charge in [0, 0.05) is 17.6 Å². The number of likely N-dealkylation sites (tertiary alicyclic amines) is 1. The standard InChI is InChI=1S/C21H24ClN3O4S2/c1-3-10-25-17-9-8-15(22)12-18(17)30-21(25)23-19(26)13-31(28,29)14-20(27)24-11-6-5-7-16(24)4-2/h1,8-9,12,16H,4-7,10-11,13-14H2,2H3. The molecule has 0 N–H and O–H groups in total. The van der Waals surface area contributed by atoms with Crippen molar-refractivity contribution in [3.8, 4) is 12.3 Å². The van der Waals surface area contributed by atoms with E-state index in [2.05, 4.69) is 10.9 Å². The van der Waals surface area contributed by atoms with Crippen LogP contribution < -0.4 is 4.80 Å². The van der Waals surface area contributed by atoms with Gasteiger partial charge in [-0.2, -0.15) is 4.99 Å². The number of amides is 2. The van der Waals surface area contributed by atoms with Crippen LogP contribution in [0, 0.1) is 12.3 Å². The fraction of sp³-hybridized carbons (Fsp3) is 0.476. The summed E-state index contributed by atoms with van der Waals surface area (Å²) < 4.78 is 27.5. The predicted octanol–water partition coefficient (Wildman–Crippen LogP) is 2.62. The molecule has 31 heavy (non-hydrogen) atoms. The number of piperidine rings is 1. The third-order valence-electron chi connectivity index (χ3n) is 5.22. The van der Waals surface area contributed by atoms with Crippen molar-refractivity contribution in [3.05, 3.63) is 28.0 Å². The Labute approximate surface area is 190 Å². The summed E-state index contributed by atoms with van der Waals surface area (Å²) in [7, 11) is -3.94. The predicted molar refractivity (Wildman–Crippen MR) is 123 cm³/mol. The van der Waals surface area contributed by atoms with Gasteiger partial charge in [-0.25, -0.2) is 8.42 Å². The van der Waals surface area contributed by atoms with Crippen LogP contribution >= 0.6 is 22.9 Å². The largest absolute Gasteiger partial charge is 0.339 e. The van der Waals surface area contributed by atoms with E-state index in [-0.39, 0.29) is 12.6 Å². The van der Waals surface area contributed by atoms with Crippen LogP contribution in [-0.2, 0) is 26.0 Å². The Morgan fingerprint density at radius 2 is 2.10 bits per heavy atom. The molecule has 166 valence electrons. The summed E-state index contributed by atoms with van der Waals surface area (Å²) in [6.45, 7) is 2.71. The van der Waals surface area contributed by atoms with Crippen molar-refractivity contribution in [2.75, 3.05) is 18.1 Å². The zero-order valence-electron chi connectivity index (χ0n) is 17.2. The summed E-state index contributed by atoms with van der Waals surface area (Å²) in [6, 6.07) is 5.27. The van der Waals surface area contributed by atoms with Gasteiger partial charge in [0.15, 0.2) is 14.6 Å². The molecule has 1 unspecified atom stereocenters. The normalized spacial score (nSPS) is 17.6. The molecule has 0 spiro atoms. The average molecular weight is 482 g/mol. The van der Waals surface area contributed by atoms with Crippen molar-refractivity contribution in [1.29, 1.82) is 0 Å². The number of sulfone groups is 1. The lowest BCUT2D eigenvalue weighted by molar-refractivity contribution is -0.132. The van der Waals surface area contributed by atoms with E-state index in [9.17, 15) is 18.0 Å². The van der Waals surface area contributed by atoms with Gasteiger partial charge in [-0.1, -0.05) is 35.8 Å². The van der Waals surface area contributed by atoms with E-state index in [0.29, 0.717) is 16.4 Å². The molecule has 2 amide bonds. The zero-order chi connectivity index (χ0) is 22.6. The summed E-state index contributed by atoms with van der Waals surface area (Å²) in [4.78, 5) is 30.9. The Morgan fingerprint density at radius 1 is 1.32 bits per heavy atom. The SMILES string of the molecule is C#CCn1c(=NC(=O)CS(=O)(=O)CC(=O)N2CCCCC2CC)sc2cc(Cl)ccc21. The molecule has 1 aromatic carbocycles. The quantitative estimate of drug-likeness (QED) is 0.593. The fourth-order valence-corrected chi connectivity index (χ4v) is 6.19. The van der Waals surface area contributed by atoms with Crippen LogP contribution in [-0.4, -0.2) is 53.8 Å².